The highest BCUT2D eigenvalue weighted by Gasteiger charge is 2.19. The second kappa shape index (κ2) is 8.35. The molecule has 3 N–H and O–H groups in total. The summed E-state index contributed by atoms with van der Waals surface area (Å²) in [5.41, 5.74) is 1.35. The first-order valence-electron chi connectivity index (χ1n) is 8.06. The van der Waals surface area contributed by atoms with E-state index in [4.69, 9.17) is 12.2 Å². The first-order valence-corrected chi connectivity index (χ1v) is 8.47. The van der Waals surface area contributed by atoms with Crippen molar-refractivity contribution < 1.29 is 4.90 Å². The van der Waals surface area contributed by atoms with Crippen LogP contribution < -0.4 is 15.5 Å². The third-order valence-corrected chi connectivity index (χ3v) is 4.57. The van der Waals surface area contributed by atoms with E-state index in [1.54, 1.807) is 0 Å². The Labute approximate surface area is 134 Å². The summed E-state index contributed by atoms with van der Waals surface area (Å²) in [6.07, 6.45) is 6.54. The normalized spacial score (nSPS) is 17.5. The molecule has 0 spiro atoms. The van der Waals surface area contributed by atoms with Crippen LogP contribution in [0.5, 0.6) is 0 Å². The smallest absolute Gasteiger partial charge is 0.166 e. The molecular weight excluding hydrogens is 278 g/mol. The number of nitrogens with one attached hydrogen (secondary N) is 3. The predicted molar refractivity (Wildman–Crippen MR) is 92.6 cm³/mol. The Balaban J connectivity index is 1.82. The number of hydrogen-bond donors (Lipinski definition) is 3. The molecule has 116 valence electrons. The van der Waals surface area contributed by atoms with Gasteiger partial charge in [-0.1, -0.05) is 49.6 Å². The van der Waals surface area contributed by atoms with Crippen molar-refractivity contribution in [1.29, 1.82) is 0 Å². The summed E-state index contributed by atoms with van der Waals surface area (Å²) in [6.45, 7) is 0.866. The van der Waals surface area contributed by atoms with Crippen molar-refractivity contribution in [2.75, 3.05) is 20.6 Å². The average molecular weight is 306 g/mol. The minimum absolute atomic E-state index is 0.414. The van der Waals surface area contributed by atoms with Crippen LogP contribution in [0.25, 0.3) is 0 Å². The highest BCUT2D eigenvalue weighted by molar-refractivity contribution is 7.80. The molecule has 0 aliphatic heterocycles. The molecule has 0 aromatic heterocycles. The van der Waals surface area contributed by atoms with Crippen LogP contribution in [-0.4, -0.2) is 31.8 Å². The van der Waals surface area contributed by atoms with E-state index in [9.17, 15) is 0 Å². The number of thiocarbonyl (C=S) groups is 1. The number of rotatable bonds is 5. The van der Waals surface area contributed by atoms with Crippen molar-refractivity contribution in [3.05, 3.63) is 35.9 Å². The zero-order chi connectivity index (χ0) is 15.1. The Hall–Kier alpha value is -1.13. The van der Waals surface area contributed by atoms with Gasteiger partial charge in [-0.15, -0.1) is 0 Å². The van der Waals surface area contributed by atoms with Gasteiger partial charge >= 0.3 is 0 Å². The van der Waals surface area contributed by atoms with Gasteiger partial charge in [-0.25, -0.2) is 0 Å². The van der Waals surface area contributed by atoms with Gasteiger partial charge in [-0.05, 0) is 25.1 Å². The van der Waals surface area contributed by atoms with Crippen LogP contribution in [0.4, 0.5) is 0 Å². The number of benzene rings is 1. The van der Waals surface area contributed by atoms with Gasteiger partial charge in [0, 0.05) is 11.6 Å². The molecule has 1 fully saturated rings. The molecule has 2 rings (SSSR count). The summed E-state index contributed by atoms with van der Waals surface area (Å²) in [4.78, 5) is 1.41. The summed E-state index contributed by atoms with van der Waals surface area (Å²) in [7, 11) is 4.38. The fourth-order valence-corrected chi connectivity index (χ4v) is 3.27. The lowest BCUT2D eigenvalue weighted by molar-refractivity contribution is -0.890. The topological polar surface area (TPSA) is 28.5 Å². The van der Waals surface area contributed by atoms with Gasteiger partial charge in [0.1, 0.15) is 6.04 Å². The summed E-state index contributed by atoms with van der Waals surface area (Å²) in [6, 6.07) is 11.6. The van der Waals surface area contributed by atoms with Crippen molar-refractivity contribution in [1.82, 2.24) is 10.6 Å². The van der Waals surface area contributed by atoms with Crippen LogP contribution in [0.3, 0.4) is 0 Å². The molecule has 0 heterocycles. The lowest BCUT2D eigenvalue weighted by atomic mass is 9.96. The molecule has 1 atom stereocenters. The maximum Gasteiger partial charge on any atom is 0.166 e. The summed E-state index contributed by atoms with van der Waals surface area (Å²) >= 11 is 5.46. The largest absolute Gasteiger partial charge is 0.360 e. The van der Waals surface area contributed by atoms with E-state index in [0.29, 0.717) is 12.1 Å². The van der Waals surface area contributed by atoms with Crippen molar-refractivity contribution in [3.63, 3.8) is 0 Å². The van der Waals surface area contributed by atoms with Crippen LogP contribution in [0.15, 0.2) is 30.3 Å². The molecular formula is C17H28N3S+. The third-order valence-electron chi connectivity index (χ3n) is 4.31. The molecule has 4 heteroatoms. The van der Waals surface area contributed by atoms with Gasteiger partial charge < -0.3 is 15.5 Å². The maximum atomic E-state index is 5.46. The molecule has 0 bridgehead atoms. The second-order valence-electron chi connectivity index (χ2n) is 6.23. The molecule has 3 nitrogen and oxygen atoms in total. The van der Waals surface area contributed by atoms with E-state index >= 15 is 0 Å². The molecule has 1 saturated carbocycles. The minimum Gasteiger partial charge on any atom is -0.360 e. The monoisotopic (exact) mass is 306 g/mol. The Morgan fingerprint density at radius 3 is 2.48 bits per heavy atom. The van der Waals surface area contributed by atoms with Crippen LogP contribution >= 0.6 is 12.2 Å². The third kappa shape index (κ3) is 5.29. The zero-order valence-corrected chi connectivity index (χ0v) is 14.0. The fourth-order valence-electron chi connectivity index (χ4n) is 3.02. The van der Waals surface area contributed by atoms with Gasteiger partial charge in [-0.3, -0.25) is 0 Å². The van der Waals surface area contributed by atoms with E-state index in [2.05, 4.69) is 55.1 Å². The van der Waals surface area contributed by atoms with Crippen LogP contribution in [0, 0.1) is 0 Å². The molecule has 1 aromatic carbocycles. The quantitative estimate of drug-likeness (QED) is 0.723. The molecule has 1 aliphatic carbocycles. The minimum atomic E-state index is 0.414. The highest BCUT2D eigenvalue weighted by atomic mass is 32.1. The highest BCUT2D eigenvalue weighted by Crippen LogP contribution is 2.17. The SMILES string of the molecule is C[NH+](C)[C@@H](CNC(=S)NC1CCCCC1)c1ccccc1. The van der Waals surface area contributed by atoms with Gasteiger partial charge in [0.25, 0.3) is 0 Å². The van der Waals surface area contributed by atoms with E-state index in [1.807, 2.05) is 0 Å². The molecule has 21 heavy (non-hydrogen) atoms. The number of quaternary nitrogens is 1. The van der Waals surface area contributed by atoms with Crippen molar-refractivity contribution in [3.8, 4) is 0 Å². The molecule has 0 saturated heterocycles. The van der Waals surface area contributed by atoms with E-state index in [0.717, 1.165) is 11.7 Å². The first kappa shape index (κ1) is 16.2. The fraction of sp³-hybridized carbons (Fsp3) is 0.588. The summed E-state index contributed by atoms with van der Waals surface area (Å²) in [5, 5.41) is 7.69. The molecule has 1 aromatic rings. The van der Waals surface area contributed by atoms with Crippen molar-refractivity contribution in [2.24, 2.45) is 0 Å². The lowest BCUT2D eigenvalue weighted by Gasteiger charge is -2.26. The van der Waals surface area contributed by atoms with Crippen LogP contribution in [0.1, 0.15) is 43.7 Å². The zero-order valence-electron chi connectivity index (χ0n) is 13.2. The second-order valence-corrected chi connectivity index (χ2v) is 6.64. The summed E-state index contributed by atoms with van der Waals surface area (Å²) < 4.78 is 0. The molecule has 0 radical (unpaired) electrons. The Kier molecular flexibility index (Phi) is 6.46. The molecule has 1 aliphatic rings. The lowest BCUT2D eigenvalue weighted by Crippen LogP contribution is -3.07. The summed E-state index contributed by atoms with van der Waals surface area (Å²) in [5.74, 6) is 0. The number of likely N-dealkylation sites (N-methyl/N-ethyl adjacent to an activating group) is 1. The van der Waals surface area contributed by atoms with Crippen LogP contribution in [-0.2, 0) is 0 Å². The molecule has 0 amide bonds. The van der Waals surface area contributed by atoms with Crippen molar-refractivity contribution >= 4 is 17.3 Å². The van der Waals surface area contributed by atoms with Crippen LogP contribution in [0.2, 0.25) is 0 Å². The van der Waals surface area contributed by atoms with E-state index < -0.39 is 0 Å². The number of hydrogen-bond acceptors (Lipinski definition) is 1. The Morgan fingerprint density at radius 1 is 1.19 bits per heavy atom. The standard InChI is InChI=1S/C17H27N3S/c1-20(2)16(14-9-5-3-6-10-14)13-18-17(21)19-15-11-7-4-8-12-15/h3,5-6,9-10,15-16H,4,7-8,11-13H2,1-2H3,(H2,18,19,21)/p+1/t16-/m0/s1. The van der Waals surface area contributed by atoms with E-state index in [-0.39, 0.29) is 0 Å². The average Bonchev–Trinajstić information content (AvgIpc) is 2.49. The van der Waals surface area contributed by atoms with Gasteiger partial charge in [0.05, 0.1) is 20.6 Å². The predicted octanol–water partition coefficient (Wildman–Crippen LogP) is 1.67. The van der Waals surface area contributed by atoms with Gasteiger partial charge in [0.2, 0.25) is 0 Å². The molecule has 0 unspecified atom stereocenters. The Bertz CT molecular complexity index is 427. The Morgan fingerprint density at radius 2 is 1.86 bits per heavy atom. The van der Waals surface area contributed by atoms with Gasteiger partial charge in [0.15, 0.2) is 5.11 Å². The maximum absolute atomic E-state index is 5.46. The van der Waals surface area contributed by atoms with E-state index in [1.165, 1.54) is 42.6 Å². The van der Waals surface area contributed by atoms with Gasteiger partial charge in [-0.2, -0.15) is 0 Å². The van der Waals surface area contributed by atoms with Crippen molar-refractivity contribution in [2.45, 2.75) is 44.2 Å². The first-order chi connectivity index (χ1) is 10.2.